The molecule has 2 atom stereocenters. The summed E-state index contributed by atoms with van der Waals surface area (Å²) in [4.78, 5) is 27.9. The van der Waals surface area contributed by atoms with Crippen molar-refractivity contribution in [3.63, 3.8) is 0 Å². The van der Waals surface area contributed by atoms with E-state index in [1.54, 1.807) is 13.1 Å². The zero-order valence-corrected chi connectivity index (χ0v) is 12.2. The predicted molar refractivity (Wildman–Crippen MR) is 74.7 cm³/mol. The van der Waals surface area contributed by atoms with Crippen LogP contribution in [0.15, 0.2) is 6.20 Å². The molecule has 0 aliphatic carbocycles. The van der Waals surface area contributed by atoms with Gasteiger partial charge in [-0.3, -0.25) is 0 Å². The minimum atomic E-state index is -1.18. The molecule has 1 rings (SSSR count). The molecule has 0 radical (unpaired) electrons. The van der Waals surface area contributed by atoms with Crippen LogP contribution in [0.1, 0.15) is 36.2 Å². The van der Waals surface area contributed by atoms with Gasteiger partial charge in [0.05, 0.1) is 6.04 Å². The van der Waals surface area contributed by atoms with Crippen LogP contribution in [0.25, 0.3) is 0 Å². The summed E-state index contributed by atoms with van der Waals surface area (Å²) in [5.74, 6) is -1.18. The van der Waals surface area contributed by atoms with Gasteiger partial charge >= 0.3 is 12.0 Å². The zero-order chi connectivity index (χ0) is 15.1. The topological polar surface area (TPSA) is 112 Å². The van der Waals surface area contributed by atoms with Crippen LogP contribution in [0.4, 0.5) is 4.79 Å². The number of aliphatic hydroxyl groups excluding tert-OH is 1. The number of aromatic nitrogens is 1. The normalized spacial score (nSPS) is 13.6. The van der Waals surface area contributed by atoms with E-state index >= 15 is 0 Å². The van der Waals surface area contributed by atoms with Crippen molar-refractivity contribution in [3.05, 3.63) is 16.1 Å². The lowest BCUT2D eigenvalue weighted by Gasteiger charge is -2.16. The number of carboxylic acid groups (broad SMARTS) is 1. The second kappa shape index (κ2) is 7.81. The quantitative estimate of drug-likeness (QED) is 0.598. The summed E-state index contributed by atoms with van der Waals surface area (Å²) in [7, 11) is 0. The van der Waals surface area contributed by atoms with E-state index in [9.17, 15) is 9.59 Å². The average Bonchev–Trinajstić information content (AvgIpc) is 2.86. The monoisotopic (exact) mass is 301 g/mol. The fourth-order valence-corrected chi connectivity index (χ4v) is 2.39. The smallest absolute Gasteiger partial charge is 0.326 e. The van der Waals surface area contributed by atoms with Crippen molar-refractivity contribution in [1.29, 1.82) is 0 Å². The molecule has 20 heavy (non-hydrogen) atoms. The molecular formula is C12H19N3O4S. The third-order valence-electron chi connectivity index (χ3n) is 2.66. The number of carbonyl (C=O) groups is 2. The number of aliphatic hydroxyl groups is 1. The van der Waals surface area contributed by atoms with E-state index < -0.39 is 18.0 Å². The van der Waals surface area contributed by atoms with Crippen molar-refractivity contribution < 1.29 is 19.8 Å². The maximum Gasteiger partial charge on any atom is 0.326 e. The number of carboxylic acids is 1. The molecular weight excluding hydrogens is 282 g/mol. The lowest BCUT2D eigenvalue weighted by molar-refractivity contribution is -0.139. The number of carbonyl (C=O) groups excluding carboxylic acids is 1. The van der Waals surface area contributed by atoms with Gasteiger partial charge in [-0.2, -0.15) is 0 Å². The number of hydrogen-bond donors (Lipinski definition) is 4. The molecule has 0 spiro atoms. The standard InChI is InChI=1S/C12H19N3O4S/c1-3-8-6-13-10(20-8)7(2)14-12(19)15-9(4-5-16)11(17)18/h6-7,9,16H,3-5H2,1-2H3,(H,17,18)(H2,14,15,19)/t7?,9-/m0/s1. The zero-order valence-electron chi connectivity index (χ0n) is 11.4. The van der Waals surface area contributed by atoms with Crippen LogP contribution in [0.2, 0.25) is 0 Å². The molecule has 0 saturated carbocycles. The minimum Gasteiger partial charge on any atom is -0.480 e. The summed E-state index contributed by atoms with van der Waals surface area (Å²) in [6.45, 7) is 3.49. The number of aliphatic carboxylic acids is 1. The number of rotatable bonds is 7. The lowest BCUT2D eigenvalue weighted by atomic mass is 10.2. The van der Waals surface area contributed by atoms with Crippen molar-refractivity contribution >= 4 is 23.3 Å². The molecule has 0 fully saturated rings. The van der Waals surface area contributed by atoms with Gasteiger partial charge in [0.2, 0.25) is 0 Å². The molecule has 1 heterocycles. The summed E-state index contributed by atoms with van der Waals surface area (Å²) in [6.07, 6.45) is 2.62. The lowest BCUT2D eigenvalue weighted by Crippen LogP contribution is -2.47. The van der Waals surface area contributed by atoms with Gasteiger partial charge < -0.3 is 20.8 Å². The van der Waals surface area contributed by atoms with Crippen LogP contribution in [-0.2, 0) is 11.2 Å². The fourth-order valence-electron chi connectivity index (χ4n) is 1.53. The first-order valence-corrected chi connectivity index (χ1v) is 7.14. The number of amides is 2. The predicted octanol–water partition coefficient (Wildman–Crippen LogP) is 0.901. The number of aryl methyl sites for hydroxylation is 1. The van der Waals surface area contributed by atoms with Gasteiger partial charge in [-0.1, -0.05) is 6.92 Å². The number of urea groups is 1. The van der Waals surface area contributed by atoms with Gasteiger partial charge in [-0.25, -0.2) is 14.6 Å². The Kier molecular flexibility index (Phi) is 6.40. The van der Waals surface area contributed by atoms with Crippen molar-refractivity contribution in [3.8, 4) is 0 Å². The number of thiazole rings is 1. The Labute approximate surface area is 121 Å². The van der Waals surface area contributed by atoms with E-state index in [1.807, 2.05) is 6.92 Å². The van der Waals surface area contributed by atoms with Crippen LogP contribution in [0.3, 0.4) is 0 Å². The summed E-state index contributed by atoms with van der Waals surface area (Å²) in [6, 6.07) is -2.00. The fraction of sp³-hybridized carbons (Fsp3) is 0.583. The van der Waals surface area contributed by atoms with Crippen molar-refractivity contribution in [1.82, 2.24) is 15.6 Å². The maximum absolute atomic E-state index is 11.7. The first-order chi connectivity index (χ1) is 9.47. The third-order valence-corrected chi connectivity index (χ3v) is 3.98. The maximum atomic E-state index is 11.7. The second-order valence-electron chi connectivity index (χ2n) is 4.26. The number of nitrogens with one attached hydrogen (secondary N) is 2. The Bertz CT molecular complexity index is 463. The van der Waals surface area contributed by atoms with E-state index in [-0.39, 0.29) is 19.1 Å². The highest BCUT2D eigenvalue weighted by atomic mass is 32.1. The van der Waals surface area contributed by atoms with E-state index in [1.165, 1.54) is 11.3 Å². The molecule has 7 nitrogen and oxygen atoms in total. The van der Waals surface area contributed by atoms with Gasteiger partial charge in [-0.15, -0.1) is 11.3 Å². The van der Waals surface area contributed by atoms with Crippen LogP contribution in [0, 0.1) is 0 Å². The summed E-state index contributed by atoms with van der Waals surface area (Å²) < 4.78 is 0. The molecule has 0 saturated heterocycles. The number of nitrogens with zero attached hydrogens (tertiary/aromatic N) is 1. The third kappa shape index (κ3) is 4.78. The van der Waals surface area contributed by atoms with E-state index in [4.69, 9.17) is 10.2 Å². The molecule has 4 N–H and O–H groups in total. The highest BCUT2D eigenvalue weighted by Crippen LogP contribution is 2.19. The van der Waals surface area contributed by atoms with Crippen molar-refractivity contribution in [2.45, 2.75) is 38.8 Å². The molecule has 2 amide bonds. The molecule has 0 bridgehead atoms. The van der Waals surface area contributed by atoms with Crippen molar-refractivity contribution in [2.24, 2.45) is 0 Å². The molecule has 0 aromatic carbocycles. The summed E-state index contributed by atoms with van der Waals surface area (Å²) in [5.41, 5.74) is 0. The van der Waals surface area contributed by atoms with Crippen LogP contribution in [-0.4, -0.2) is 39.8 Å². The molecule has 1 aromatic rings. The highest BCUT2D eigenvalue weighted by Gasteiger charge is 2.20. The van der Waals surface area contributed by atoms with E-state index in [0.29, 0.717) is 0 Å². The Morgan fingerprint density at radius 2 is 2.15 bits per heavy atom. The largest absolute Gasteiger partial charge is 0.480 e. The van der Waals surface area contributed by atoms with Gasteiger partial charge in [0.25, 0.3) is 0 Å². The van der Waals surface area contributed by atoms with E-state index in [0.717, 1.165) is 16.3 Å². The summed E-state index contributed by atoms with van der Waals surface area (Å²) in [5, 5.41) is 23.3. The molecule has 112 valence electrons. The second-order valence-corrected chi connectivity index (χ2v) is 5.41. The SMILES string of the molecule is CCc1cnc(C(C)NC(=O)N[C@@H](CCO)C(=O)O)s1. The number of hydrogen-bond acceptors (Lipinski definition) is 5. The molecule has 0 aliphatic rings. The van der Waals surface area contributed by atoms with Gasteiger partial charge in [0, 0.05) is 24.1 Å². The molecule has 8 heteroatoms. The van der Waals surface area contributed by atoms with E-state index in [2.05, 4.69) is 15.6 Å². The van der Waals surface area contributed by atoms with Gasteiger partial charge in [0.15, 0.2) is 0 Å². The highest BCUT2D eigenvalue weighted by molar-refractivity contribution is 7.11. The Balaban J connectivity index is 2.54. The first-order valence-electron chi connectivity index (χ1n) is 6.33. The molecule has 1 unspecified atom stereocenters. The average molecular weight is 301 g/mol. The molecule has 1 aromatic heterocycles. The van der Waals surface area contributed by atoms with Crippen LogP contribution in [0.5, 0.6) is 0 Å². The Hall–Kier alpha value is -1.67. The van der Waals surface area contributed by atoms with Gasteiger partial charge in [0.1, 0.15) is 11.0 Å². The van der Waals surface area contributed by atoms with Crippen LogP contribution < -0.4 is 10.6 Å². The van der Waals surface area contributed by atoms with Gasteiger partial charge in [-0.05, 0) is 13.3 Å². The Morgan fingerprint density at radius 3 is 2.65 bits per heavy atom. The molecule has 0 aliphatic heterocycles. The Morgan fingerprint density at radius 1 is 1.45 bits per heavy atom. The summed E-state index contributed by atoms with van der Waals surface area (Å²) >= 11 is 1.51. The first kappa shape index (κ1) is 16.4. The van der Waals surface area contributed by atoms with Crippen LogP contribution >= 0.6 is 11.3 Å². The minimum absolute atomic E-state index is 0.0334. The van der Waals surface area contributed by atoms with Crippen molar-refractivity contribution in [2.75, 3.05) is 6.61 Å².